The highest BCUT2D eigenvalue weighted by Crippen LogP contribution is 2.46. The number of hydrogen-bond acceptors (Lipinski definition) is 6. The van der Waals surface area contributed by atoms with Crippen LogP contribution in [0.2, 0.25) is 0 Å². The van der Waals surface area contributed by atoms with E-state index in [-0.39, 0.29) is 28.7 Å². The van der Waals surface area contributed by atoms with E-state index in [9.17, 15) is 19.8 Å². The number of nitrogens with zero attached hydrogens (tertiary/aromatic N) is 2. The first-order chi connectivity index (χ1) is 19.0. The summed E-state index contributed by atoms with van der Waals surface area (Å²) >= 11 is 0. The number of benzene rings is 3. The van der Waals surface area contributed by atoms with Crippen molar-refractivity contribution in [3.05, 3.63) is 88.0 Å². The lowest BCUT2D eigenvalue weighted by molar-refractivity contribution is -0.132. The molecule has 0 saturated carbocycles. The van der Waals surface area contributed by atoms with Gasteiger partial charge in [-0.2, -0.15) is 0 Å². The number of hydrogen-bond donors (Lipinski definition) is 2. The first-order valence-electron chi connectivity index (χ1n) is 13.7. The predicted molar refractivity (Wildman–Crippen MR) is 159 cm³/mol. The second kappa shape index (κ2) is 11.5. The summed E-state index contributed by atoms with van der Waals surface area (Å²) in [6, 6.07) is 15.3. The van der Waals surface area contributed by atoms with Gasteiger partial charge in [-0.05, 0) is 92.3 Å². The molecule has 1 amide bonds. The number of amides is 1. The fourth-order valence-corrected chi connectivity index (χ4v) is 5.41. The van der Waals surface area contributed by atoms with Gasteiger partial charge >= 0.3 is 0 Å². The van der Waals surface area contributed by atoms with Crippen LogP contribution < -0.4 is 14.5 Å². The molecule has 1 saturated heterocycles. The number of aromatic hydroxyl groups is 1. The molecule has 7 nitrogen and oxygen atoms in total. The third-order valence-corrected chi connectivity index (χ3v) is 7.63. The van der Waals surface area contributed by atoms with Crippen molar-refractivity contribution < 1.29 is 24.5 Å². The van der Waals surface area contributed by atoms with Gasteiger partial charge in [-0.15, -0.1) is 0 Å². The van der Waals surface area contributed by atoms with Crippen molar-refractivity contribution in [2.24, 2.45) is 0 Å². The Kier molecular flexibility index (Phi) is 8.24. The van der Waals surface area contributed by atoms with Crippen LogP contribution in [0, 0.1) is 13.8 Å². The molecular formula is C33H38N2O5. The van der Waals surface area contributed by atoms with Gasteiger partial charge in [0.25, 0.3) is 11.7 Å². The Morgan fingerprint density at radius 3 is 2.23 bits per heavy atom. The third kappa shape index (κ3) is 5.04. The van der Waals surface area contributed by atoms with E-state index in [4.69, 9.17) is 4.74 Å². The number of aliphatic hydroxyl groups is 1. The van der Waals surface area contributed by atoms with Crippen molar-refractivity contribution in [1.29, 1.82) is 0 Å². The quantitative estimate of drug-likeness (QED) is 0.189. The van der Waals surface area contributed by atoms with Gasteiger partial charge in [-0.3, -0.25) is 14.5 Å². The average molecular weight is 543 g/mol. The number of Topliss-reactive ketones (excluding diaryl/α,β-unsaturated/α-hetero) is 1. The van der Waals surface area contributed by atoms with Crippen molar-refractivity contribution in [1.82, 2.24) is 0 Å². The Morgan fingerprint density at radius 1 is 1.00 bits per heavy atom. The number of ketones is 1. The molecule has 40 heavy (non-hydrogen) atoms. The number of anilines is 2. The maximum absolute atomic E-state index is 13.7. The molecule has 0 aliphatic carbocycles. The minimum Gasteiger partial charge on any atom is -0.507 e. The van der Waals surface area contributed by atoms with Gasteiger partial charge in [-0.25, -0.2) is 0 Å². The molecule has 210 valence electrons. The molecule has 3 aromatic rings. The van der Waals surface area contributed by atoms with Crippen LogP contribution in [0.3, 0.4) is 0 Å². The van der Waals surface area contributed by atoms with Gasteiger partial charge in [0, 0.05) is 24.3 Å². The molecule has 7 heteroatoms. The Balaban J connectivity index is 1.99. The number of carbonyl (C=O) groups excluding carboxylic acids is 2. The second-order valence-corrected chi connectivity index (χ2v) is 10.5. The minimum atomic E-state index is -0.942. The summed E-state index contributed by atoms with van der Waals surface area (Å²) < 4.78 is 5.57. The van der Waals surface area contributed by atoms with Gasteiger partial charge < -0.3 is 19.8 Å². The van der Waals surface area contributed by atoms with Crippen LogP contribution >= 0.6 is 0 Å². The topological polar surface area (TPSA) is 90.3 Å². The smallest absolute Gasteiger partial charge is 0.300 e. The van der Waals surface area contributed by atoms with E-state index >= 15 is 0 Å². The highest BCUT2D eigenvalue weighted by Gasteiger charge is 2.48. The van der Waals surface area contributed by atoms with Crippen LogP contribution in [0.5, 0.6) is 11.5 Å². The van der Waals surface area contributed by atoms with E-state index in [0.29, 0.717) is 22.4 Å². The van der Waals surface area contributed by atoms with Gasteiger partial charge in [0.15, 0.2) is 0 Å². The maximum Gasteiger partial charge on any atom is 0.300 e. The Bertz CT molecular complexity index is 1470. The summed E-state index contributed by atoms with van der Waals surface area (Å²) in [4.78, 5) is 30.8. The molecule has 4 rings (SSSR count). The Labute approximate surface area is 236 Å². The molecule has 1 heterocycles. The molecule has 1 atom stereocenters. The van der Waals surface area contributed by atoms with E-state index in [0.717, 1.165) is 29.9 Å². The SMILES string of the molecule is CCN(CC)c1ccc(C2/C(=C(\O)c3cc(C(C)C)c(OC)cc3C)C(=O)C(=O)N2c2cc(C)ccc2O)cc1. The number of ether oxygens (including phenoxy) is 1. The van der Waals surface area contributed by atoms with Gasteiger partial charge in [-0.1, -0.05) is 32.0 Å². The number of phenols is 1. The zero-order valence-electron chi connectivity index (χ0n) is 24.3. The molecule has 1 unspecified atom stereocenters. The fourth-order valence-electron chi connectivity index (χ4n) is 5.41. The summed E-state index contributed by atoms with van der Waals surface area (Å²) in [6.45, 7) is 13.5. The third-order valence-electron chi connectivity index (χ3n) is 7.63. The number of aryl methyl sites for hydroxylation is 2. The van der Waals surface area contributed by atoms with Crippen LogP contribution in [-0.2, 0) is 9.59 Å². The monoisotopic (exact) mass is 542 g/mol. The molecule has 1 fully saturated rings. The molecule has 0 radical (unpaired) electrons. The highest BCUT2D eigenvalue weighted by molar-refractivity contribution is 6.52. The predicted octanol–water partition coefficient (Wildman–Crippen LogP) is 6.61. The molecule has 0 spiro atoms. The number of aliphatic hydroxyl groups excluding tert-OH is 1. The van der Waals surface area contributed by atoms with E-state index in [1.54, 1.807) is 19.2 Å². The van der Waals surface area contributed by atoms with Crippen molar-refractivity contribution >= 4 is 28.8 Å². The van der Waals surface area contributed by atoms with E-state index in [1.165, 1.54) is 11.0 Å². The van der Waals surface area contributed by atoms with Crippen molar-refractivity contribution in [2.45, 2.75) is 53.5 Å². The van der Waals surface area contributed by atoms with Crippen LogP contribution in [0.15, 0.2) is 60.2 Å². The summed E-state index contributed by atoms with van der Waals surface area (Å²) in [5.74, 6) is -1.21. The van der Waals surface area contributed by atoms with Crippen molar-refractivity contribution in [2.75, 3.05) is 30.0 Å². The van der Waals surface area contributed by atoms with Crippen LogP contribution in [0.25, 0.3) is 5.76 Å². The van der Waals surface area contributed by atoms with E-state index < -0.39 is 17.7 Å². The first kappa shape index (κ1) is 28.7. The Morgan fingerprint density at radius 2 is 1.65 bits per heavy atom. The van der Waals surface area contributed by atoms with Gasteiger partial charge in [0.2, 0.25) is 0 Å². The molecule has 2 N–H and O–H groups in total. The molecular weight excluding hydrogens is 504 g/mol. The average Bonchev–Trinajstić information content (AvgIpc) is 3.20. The minimum absolute atomic E-state index is 0.0236. The summed E-state index contributed by atoms with van der Waals surface area (Å²) in [5, 5.41) is 22.5. The molecule has 0 aromatic heterocycles. The highest BCUT2D eigenvalue weighted by atomic mass is 16.5. The molecule has 3 aromatic carbocycles. The van der Waals surface area contributed by atoms with E-state index in [2.05, 4.69) is 18.7 Å². The fraction of sp³-hybridized carbons (Fsp3) is 0.333. The lowest BCUT2D eigenvalue weighted by Crippen LogP contribution is -2.29. The Hall–Kier alpha value is -4.26. The number of phenolic OH excluding ortho intramolecular Hbond substituents is 1. The summed E-state index contributed by atoms with van der Waals surface area (Å²) in [5.41, 5.74) is 4.71. The standard InChI is InChI=1S/C33H38N2O5/c1-8-34(9-2)23-13-11-22(12-14-23)30-29(31(37)25-18-24(19(3)4)28(40-7)17-21(25)6)32(38)33(39)35(30)26-16-20(5)10-15-27(26)36/h10-19,30,36-37H,8-9H2,1-7H3/b31-29+. The van der Waals surface area contributed by atoms with Crippen LogP contribution in [0.1, 0.15) is 67.5 Å². The lowest BCUT2D eigenvalue weighted by atomic mass is 9.91. The normalized spacial score (nSPS) is 16.6. The van der Waals surface area contributed by atoms with Crippen LogP contribution in [-0.4, -0.2) is 42.1 Å². The molecule has 0 bridgehead atoms. The number of rotatable bonds is 8. The maximum atomic E-state index is 13.7. The van der Waals surface area contributed by atoms with Gasteiger partial charge in [0.1, 0.15) is 17.3 Å². The van der Waals surface area contributed by atoms with Crippen LogP contribution in [0.4, 0.5) is 11.4 Å². The van der Waals surface area contributed by atoms with Crippen molar-refractivity contribution in [3.63, 3.8) is 0 Å². The van der Waals surface area contributed by atoms with Crippen molar-refractivity contribution in [3.8, 4) is 11.5 Å². The lowest BCUT2D eigenvalue weighted by Gasteiger charge is -2.27. The molecule has 1 aliphatic rings. The zero-order valence-corrected chi connectivity index (χ0v) is 24.3. The summed E-state index contributed by atoms with van der Waals surface area (Å²) in [6.07, 6.45) is 0. The van der Waals surface area contributed by atoms with Gasteiger partial charge in [0.05, 0.1) is 24.4 Å². The second-order valence-electron chi connectivity index (χ2n) is 10.5. The number of carbonyl (C=O) groups is 2. The zero-order chi connectivity index (χ0) is 29.3. The van der Waals surface area contributed by atoms with E-state index in [1.807, 2.05) is 64.1 Å². The first-order valence-corrected chi connectivity index (χ1v) is 13.7. The number of methoxy groups -OCH3 is 1. The largest absolute Gasteiger partial charge is 0.507 e. The molecule has 1 aliphatic heterocycles. The summed E-state index contributed by atoms with van der Waals surface area (Å²) in [7, 11) is 1.60.